The van der Waals surface area contributed by atoms with Crippen molar-refractivity contribution in [2.24, 2.45) is 7.05 Å². The molecule has 158 valence electrons. The summed E-state index contributed by atoms with van der Waals surface area (Å²) in [7, 11) is 1.75. The molecule has 3 heterocycles. The van der Waals surface area contributed by atoms with Crippen LogP contribution in [-0.2, 0) is 13.6 Å². The number of carbonyl (C=O) groups is 1. The van der Waals surface area contributed by atoms with Crippen molar-refractivity contribution in [3.63, 3.8) is 0 Å². The fourth-order valence-electron chi connectivity index (χ4n) is 3.59. The van der Waals surface area contributed by atoms with Crippen LogP contribution in [0.5, 0.6) is 0 Å². The zero-order chi connectivity index (χ0) is 21.4. The molecule has 1 N–H and O–H groups in total. The normalized spacial score (nSPS) is 13.5. The minimum absolute atomic E-state index is 0.178. The number of nitrogens with one attached hydrogen (secondary N) is 1. The Bertz CT molecular complexity index is 1270. The number of benzene rings is 1. The number of amides is 1. The van der Waals surface area contributed by atoms with Crippen LogP contribution in [0.3, 0.4) is 0 Å². The van der Waals surface area contributed by atoms with Crippen LogP contribution in [0.2, 0.25) is 0 Å². The van der Waals surface area contributed by atoms with Crippen molar-refractivity contribution in [2.75, 3.05) is 6.54 Å². The highest BCUT2D eigenvalue weighted by molar-refractivity contribution is 7.13. The molecule has 8 nitrogen and oxygen atoms in total. The lowest BCUT2D eigenvalue weighted by Gasteiger charge is -2.05. The quantitative estimate of drug-likeness (QED) is 0.485. The summed E-state index contributed by atoms with van der Waals surface area (Å²) in [6.07, 6.45) is 2.10. The molecule has 4 aromatic rings. The van der Waals surface area contributed by atoms with Gasteiger partial charge in [-0.05, 0) is 42.5 Å². The summed E-state index contributed by atoms with van der Waals surface area (Å²) in [4.78, 5) is 26.7. The molecule has 0 atom stereocenters. The Hall–Kier alpha value is -3.46. The number of rotatable bonds is 7. The monoisotopic (exact) mass is 434 g/mol. The molecule has 1 aliphatic carbocycles. The van der Waals surface area contributed by atoms with Gasteiger partial charge in [0.05, 0.1) is 17.1 Å². The van der Waals surface area contributed by atoms with E-state index in [1.807, 2.05) is 47.8 Å². The van der Waals surface area contributed by atoms with E-state index in [9.17, 15) is 9.59 Å². The highest BCUT2D eigenvalue weighted by atomic mass is 32.1. The number of aryl methyl sites for hydroxylation is 1. The number of carbonyl (C=O) groups excluding carboxylic acids is 1. The summed E-state index contributed by atoms with van der Waals surface area (Å²) in [6, 6.07) is 15.3. The van der Waals surface area contributed by atoms with Gasteiger partial charge in [-0.3, -0.25) is 9.48 Å². The molecule has 1 fully saturated rings. The summed E-state index contributed by atoms with van der Waals surface area (Å²) in [6.45, 7) is 0.605. The Kier molecular flexibility index (Phi) is 5.03. The fraction of sp³-hybridized carbons (Fsp3) is 0.273. The van der Waals surface area contributed by atoms with E-state index in [-0.39, 0.29) is 11.6 Å². The van der Waals surface area contributed by atoms with Crippen LogP contribution in [0.15, 0.2) is 58.7 Å². The fourth-order valence-corrected chi connectivity index (χ4v) is 4.27. The number of hydrogen-bond acceptors (Lipinski definition) is 5. The van der Waals surface area contributed by atoms with Crippen molar-refractivity contribution >= 4 is 17.2 Å². The highest BCUT2D eigenvalue weighted by Crippen LogP contribution is 2.39. The summed E-state index contributed by atoms with van der Waals surface area (Å²) in [5.41, 5.74) is 1.89. The second-order valence-corrected chi connectivity index (χ2v) is 8.53. The minimum Gasteiger partial charge on any atom is -0.349 e. The molecule has 31 heavy (non-hydrogen) atoms. The van der Waals surface area contributed by atoms with Gasteiger partial charge in [0.2, 0.25) is 0 Å². The lowest BCUT2D eigenvalue weighted by molar-refractivity contribution is 0.0942. The van der Waals surface area contributed by atoms with E-state index in [0.29, 0.717) is 24.7 Å². The molecule has 0 saturated heterocycles. The van der Waals surface area contributed by atoms with Gasteiger partial charge in [-0.2, -0.15) is 10.2 Å². The van der Waals surface area contributed by atoms with Crippen LogP contribution in [-0.4, -0.2) is 36.6 Å². The van der Waals surface area contributed by atoms with Gasteiger partial charge in [0, 0.05) is 19.5 Å². The average molecular weight is 435 g/mol. The molecule has 1 aliphatic rings. The third kappa shape index (κ3) is 3.84. The van der Waals surface area contributed by atoms with Crippen LogP contribution in [0.25, 0.3) is 16.3 Å². The van der Waals surface area contributed by atoms with E-state index < -0.39 is 0 Å². The Morgan fingerprint density at radius 1 is 1.16 bits per heavy atom. The largest absolute Gasteiger partial charge is 0.350 e. The number of aromatic nitrogens is 5. The van der Waals surface area contributed by atoms with Crippen molar-refractivity contribution in [2.45, 2.75) is 25.3 Å². The Morgan fingerprint density at radius 3 is 2.68 bits per heavy atom. The van der Waals surface area contributed by atoms with Gasteiger partial charge < -0.3 is 5.32 Å². The first-order valence-electron chi connectivity index (χ1n) is 10.2. The molecule has 1 amide bonds. The highest BCUT2D eigenvalue weighted by Gasteiger charge is 2.31. The summed E-state index contributed by atoms with van der Waals surface area (Å²) in [5, 5.41) is 13.9. The van der Waals surface area contributed by atoms with Gasteiger partial charge in [0.15, 0.2) is 0 Å². The molecular weight excluding hydrogens is 412 g/mol. The van der Waals surface area contributed by atoms with E-state index in [2.05, 4.69) is 15.5 Å². The van der Waals surface area contributed by atoms with Crippen molar-refractivity contribution in [1.82, 2.24) is 29.4 Å². The molecular formula is C22H22N6O2S. The third-order valence-corrected chi connectivity index (χ3v) is 6.21. The van der Waals surface area contributed by atoms with E-state index in [0.717, 1.165) is 34.9 Å². The first kappa shape index (κ1) is 19.5. The van der Waals surface area contributed by atoms with E-state index in [1.54, 1.807) is 33.7 Å². The predicted octanol–water partition coefficient (Wildman–Crippen LogP) is 2.80. The molecule has 9 heteroatoms. The number of nitrogens with zero attached hydrogens (tertiary/aromatic N) is 5. The second kappa shape index (κ2) is 7.99. The van der Waals surface area contributed by atoms with E-state index in [4.69, 9.17) is 0 Å². The minimum atomic E-state index is -0.226. The van der Waals surface area contributed by atoms with Crippen LogP contribution in [0.1, 0.15) is 35.1 Å². The predicted molar refractivity (Wildman–Crippen MR) is 119 cm³/mol. The molecule has 1 aromatic carbocycles. The standard InChI is InChI=1S/C22H22N6O2S/c1-26-18(14-17(24-26)19-8-5-13-31-19)21(29)23-11-12-27-22(30)28(16-6-3-2-4-7-16)20(25-27)15-9-10-15/h2-8,13-15H,9-12H2,1H3,(H,23,29). The van der Waals surface area contributed by atoms with Gasteiger partial charge >= 0.3 is 5.69 Å². The molecule has 0 bridgehead atoms. The van der Waals surface area contributed by atoms with Crippen LogP contribution < -0.4 is 11.0 Å². The van der Waals surface area contributed by atoms with Gasteiger partial charge in [-0.15, -0.1) is 11.3 Å². The zero-order valence-electron chi connectivity index (χ0n) is 17.1. The number of hydrogen-bond donors (Lipinski definition) is 1. The molecule has 0 spiro atoms. The van der Waals surface area contributed by atoms with Gasteiger partial charge in [-0.1, -0.05) is 24.3 Å². The van der Waals surface area contributed by atoms with Crippen LogP contribution >= 0.6 is 11.3 Å². The summed E-state index contributed by atoms with van der Waals surface area (Å²) in [5.74, 6) is 0.902. The summed E-state index contributed by atoms with van der Waals surface area (Å²) >= 11 is 1.58. The molecule has 0 unspecified atom stereocenters. The molecule has 0 radical (unpaired) electrons. The molecule has 3 aromatic heterocycles. The number of thiophene rings is 1. The molecule has 5 rings (SSSR count). The SMILES string of the molecule is Cn1nc(-c2cccs2)cc1C(=O)NCCn1nc(C2CC2)n(-c2ccccc2)c1=O. The Labute approximate surface area is 182 Å². The smallest absolute Gasteiger partial charge is 0.349 e. The Balaban J connectivity index is 1.30. The Morgan fingerprint density at radius 2 is 1.97 bits per heavy atom. The molecule has 0 aliphatic heterocycles. The van der Waals surface area contributed by atoms with E-state index in [1.165, 1.54) is 4.68 Å². The second-order valence-electron chi connectivity index (χ2n) is 7.58. The van der Waals surface area contributed by atoms with Crippen molar-refractivity contribution in [1.29, 1.82) is 0 Å². The van der Waals surface area contributed by atoms with Gasteiger partial charge in [0.1, 0.15) is 17.2 Å². The van der Waals surface area contributed by atoms with Crippen LogP contribution in [0.4, 0.5) is 0 Å². The van der Waals surface area contributed by atoms with Gasteiger partial charge in [-0.25, -0.2) is 14.0 Å². The zero-order valence-corrected chi connectivity index (χ0v) is 17.9. The maximum Gasteiger partial charge on any atom is 0.350 e. The van der Waals surface area contributed by atoms with Crippen LogP contribution in [0, 0.1) is 0 Å². The first-order valence-corrected chi connectivity index (χ1v) is 11.1. The topological polar surface area (TPSA) is 86.7 Å². The lowest BCUT2D eigenvalue weighted by atomic mass is 10.3. The van der Waals surface area contributed by atoms with E-state index >= 15 is 0 Å². The average Bonchev–Trinajstić information content (AvgIpc) is 3.18. The summed E-state index contributed by atoms with van der Waals surface area (Å²) < 4.78 is 4.71. The van der Waals surface area contributed by atoms with Crippen molar-refractivity contribution in [3.8, 4) is 16.3 Å². The maximum atomic E-state index is 13.0. The van der Waals surface area contributed by atoms with Crippen molar-refractivity contribution < 1.29 is 4.79 Å². The molecule has 1 saturated carbocycles. The first-order chi connectivity index (χ1) is 15.1. The maximum absolute atomic E-state index is 13.0. The van der Waals surface area contributed by atoms with Gasteiger partial charge in [0.25, 0.3) is 5.91 Å². The number of para-hydroxylation sites is 1. The third-order valence-electron chi connectivity index (χ3n) is 5.32. The van der Waals surface area contributed by atoms with Crippen molar-refractivity contribution in [3.05, 3.63) is 75.9 Å². The lowest BCUT2D eigenvalue weighted by Crippen LogP contribution is -2.32.